The van der Waals surface area contributed by atoms with Crippen molar-refractivity contribution in [2.75, 3.05) is 44.5 Å². The molecule has 0 saturated heterocycles. The summed E-state index contributed by atoms with van der Waals surface area (Å²) in [6, 6.07) is 10.2. The van der Waals surface area contributed by atoms with Gasteiger partial charge in [-0.3, -0.25) is 58.0 Å². The van der Waals surface area contributed by atoms with Crippen LogP contribution in [0.4, 0.5) is 0 Å². The number of aliphatic hydroxyl groups excluding tert-OH is 4. The van der Waals surface area contributed by atoms with Gasteiger partial charge in [-0.15, -0.1) is 0 Å². The molecule has 17 heteroatoms. The molecule has 3 atom stereocenters. The lowest BCUT2D eigenvalue weighted by Gasteiger charge is -2.37. The van der Waals surface area contributed by atoms with Crippen molar-refractivity contribution in [2.24, 2.45) is 17.8 Å². The van der Waals surface area contributed by atoms with Crippen molar-refractivity contribution in [3.63, 3.8) is 0 Å². The zero-order valence-corrected chi connectivity index (χ0v) is 39.2. The van der Waals surface area contributed by atoms with E-state index in [1.54, 1.807) is 0 Å². The van der Waals surface area contributed by atoms with Gasteiger partial charge >= 0.3 is 0 Å². The van der Waals surface area contributed by atoms with Crippen LogP contribution in [0.25, 0.3) is 21.5 Å². The lowest BCUT2D eigenvalue weighted by Crippen LogP contribution is -2.51. The minimum atomic E-state index is -0.671. The number of aliphatic hydroxyl groups is 4. The van der Waals surface area contributed by atoms with Crippen LogP contribution in [-0.4, -0.2) is 150 Å². The standard InChI is InChI=1S/C26H30N2O6.C24H26N2O6S/c1-13(2)9-15(11-29)27-23(31)17-5-7-19-22-20(8-6-18(21(17)22)24(27)32)26(34)28(25(19)33)16(12-30)10-14(3)4;1-13(2)11-14(12-28)26-23(31)17-5-3-15-19-16(4-6-18(20(17)19)24(26)32)22(30)25(21(15)29)7-9-33-10-8-27/h5-8,13-16,29-30H,9-12H2,1-4H3;3-6,13-14,27-28H,7-12H2,1-2H3. The highest BCUT2D eigenvalue weighted by Crippen LogP contribution is 2.41. The van der Waals surface area contributed by atoms with Crippen molar-refractivity contribution < 1.29 is 58.8 Å². The highest BCUT2D eigenvalue weighted by molar-refractivity contribution is 7.99. The van der Waals surface area contributed by atoms with E-state index >= 15 is 0 Å². The van der Waals surface area contributed by atoms with Crippen molar-refractivity contribution in [1.82, 2.24) is 19.6 Å². The minimum Gasteiger partial charge on any atom is -0.396 e. The first-order valence-electron chi connectivity index (χ1n) is 22.6. The fourth-order valence-electron chi connectivity index (χ4n) is 9.79. The summed E-state index contributed by atoms with van der Waals surface area (Å²) in [6.45, 7) is 10.9. The third kappa shape index (κ3) is 8.56. The van der Waals surface area contributed by atoms with Gasteiger partial charge in [-0.05, 0) is 85.5 Å². The number of benzene rings is 4. The molecule has 16 nitrogen and oxygen atoms in total. The van der Waals surface area contributed by atoms with Gasteiger partial charge < -0.3 is 20.4 Å². The summed E-state index contributed by atoms with van der Waals surface area (Å²) in [7, 11) is 0. The Morgan fingerprint density at radius 2 is 0.627 bits per heavy atom. The zero-order valence-electron chi connectivity index (χ0n) is 38.4. The Labute approximate surface area is 391 Å². The van der Waals surface area contributed by atoms with Crippen LogP contribution in [0.15, 0.2) is 48.5 Å². The van der Waals surface area contributed by atoms with Crippen LogP contribution in [-0.2, 0) is 0 Å². The summed E-state index contributed by atoms with van der Waals surface area (Å²) in [5.41, 5.74) is 1.99. The molecule has 0 aliphatic carbocycles. The van der Waals surface area contributed by atoms with Crippen LogP contribution in [0, 0.1) is 17.8 Å². The Balaban J connectivity index is 0.000000199. The van der Waals surface area contributed by atoms with Gasteiger partial charge in [0.2, 0.25) is 0 Å². The van der Waals surface area contributed by atoms with Crippen LogP contribution >= 0.6 is 11.8 Å². The summed E-state index contributed by atoms with van der Waals surface area (Å²) < 4.78 is 0. The Morgan fingerprint density at radius 1 is 0.388 bits per heavy atom. The molecule has 0 spiro atoms. The maximum absolute atomic E-state index is 13.4. The summed E-state index contributed by atoms with van der Waals surface area (Å²) >= 11 is 1.44. The lowest BCUT2D eigenvalue weighted by molar-refractivity contribution is 0.0425. The molecule has 354 valence electrons. The Bertz CT molecular complexity index is 2500. The molecule has 0 saturated carbocycles. The predicted octanol–water partition coefficient (Wildman–Crippen LogP) is 5.01. The number of thioether (sulfide) groups is 1. The molecule has 3 unspecified atom stereocenters. The second kappa shape index (κ2) is 19.8. The van der Waals surface area contributed by atoms with Gasteiger partial charge in [-0.25, -0.2) is 0 Å². The second-order valence-electron chi connectivity index (χ2n) is 18.6. The average molecular weight is 937 g/mol. The number of amides is 8. The molecule has 4 aromatic rings. The molecular weight excluding hydrogens is 881 g/mol. The van der Waals surface area contributed by atoms with Crippen molar-refractivity contribution in [3.05, 3.63) is 93.0 Å². The van der Waals surface area contributed by atoms with E-state index in [1.165, 1.54) is 65.2 Å². The van der Waals surface area contributed by atoms with Gasteiger partial charge in [-0.1, -0.05) is 41.5 Å². The van der Waals surface area contributed by atoms with Crippen molar-refractivity contribution in [2.45, 2.75) is 78.9 Å². The number of rotatable bonds is 17. The second-order valence-corrected chi connectivity index (χ2v) is 19.8. The van der Waals surface area contributed by atoms with Gasteiger partial charge in [0.15, 0.2) is 0 Å². The molecule has 8 rings (SSSR count). The fraction of sp³-hybridized carbons (Fsp3) is 0.440. The van der Waals surface area contributed by atoms with Gasteiger partial charge in [-0.2, -0.15) is 11.8 Å². The SMILES string of the molecule is CC(C)CC(CO)N1C(=O)c2ccc3c4c(ccc(c24)C1=O)C(=O)N(C(CO)CC(C)C)C3=O.CC(C)CC(CO)N1C(=O)c2ccc3c4c(ccc(c24)C1=O)C(=O)N(CCSCCO)C3=O. The summed E-state index contributed by atoms with van der Waals surface area (Å²) in [6.07, 6.45) is 1.36. The molecule has 0 aromatic heterocycles. The van der Waals surface area contributed by atoms with Gasteiger partial charge in [0.25, 0.3) is 47.3 Å². The number of imide groups is 4. The molecule has 4 aliphatic rings. The normalized spacial score (nSPS) is 16.9. The maximum Gasteiger partial charge on any atom is 0.261 e. The van der Waals surface area contributed by atoms with Crippen molar-refractivity contribution >= 4 is 80.6 Å². The molecule has 67 heavy (non-hydrogen) atoms. The quantitative estimate of drug-likeness (QED) is 0.0807. The third-order valence-electron chi connectivity index (χ3n) is 12.6. The smallest absolute Gasteiger partial charge is 0.261 e. The van der Waals surface area contributed by atoms with E-state index in [0.29, 0.717) is 52.3 Å². The first-order chi connectivity index (χ1) is 31.9. The highest BCUT2D eigenvalue weighted by atomic mass is 32.2. The van der Waals surface area contributed by atoms with Gasteiger partial charge in [0.05, 0.1) is 44.6 Å². The van der Waals surface area contributed by atoms with E-state index in [0.717, 1.165) is 14.7 Å². The van der Waals surface area contributed by atoms with Crippen LogP contribution in [0.1, 0.15) is 144 Å². The summed E-state index contributed by atoms with van der Waals surface area (Å²) in [5.74, 6) is -2.68. The average Bonchev–Trinajstić information content (AvgIpc) is 3.29. The number of hydrogen-bond donors (Lipinski definition) is 4. The Kier molecular flexibility index (Phi) is 14.5. The lowest BCUT2D eigenvalue weighted by atomic mass is 9.84. The number of carbonyl (C=O) groups is 8. The molecular formula is C50H56N4O12S. The molecule has 4 aliphatic heterocycles. The zero-order chi connectivity index (χ0) is 48.8. The predicted molar refractivity (Wildman–Crippen MR) is 250 cm³/mol. The molecule has 0 bridgehead atoms. The van der Waals surface area contributed by atoms with Gasteiger partial charge in [0.1, 0.15) is 0 Å². The highest BCUT2D eigenvalue weighted by Gasteiger charge is 2.44. The molecule has 0 fully saturated rings. The van der Waals surface area contributed by atoms with Crippen molar-refractivity contribution in [3.8, 4) is 0 Å². The van der Waals surface area contributed by atoms with Gasteiger partial charge in [0, 0.05) is 84.1 Å². The summed E-state index contributed by atoms with van der Waals surface area (Å²) in [4.78, 5) is 111. The van der Waals surface area contributed by atoms with E-state index in [9.17, 15) is 53.7 Å². The van der Waals surface area contributed by atoms with Crippen LogP contribution in [0.3, 0.4) is 0 Å². The maximum atomic E-state index is 13.4. The first kappa shape index (κ1) is 49.1. The van der Waals surface area contributed by atoms with E-state index in [-0.39, 0.29) is 95.2 Å². The van der Waals surface area contributed by atoms with E-state index < -0.39 is 65.4 Å². The molecule has 4 heterocycles. The summed E-state index contributed by atoms with van der Waals surface area (Å²) in [5, 5.41) is 39.9. The van der Waals surface area contributed by atoms with Crippen LogP contribution < -0.4 is 0 Å². The van der Waals surface area contributed by atoms with Crippen LogP contribution in [0.5, 0.6) is 0 Å². The topological polar surface area (TPSA) is 230 Å². The Hall–Kier alpha value is -5.85. The molecule has 0 radical (unpaired) electrons. The number of carbonyl (C=O) groups excluding carboxylic acids is 8. The molecule has 8 amide bonds. The Morgan fingerprint density at radius 3 is 0.836 bits per heavy atom. The fourth-order valence-corrected chi connectivity index (χ4v) is 10.4. The van der Waals surface area contributed by atoms with E-state index in [2.05, 4.69) is 0 Å². The molecule has 4 aromatic carbocycles. The third-order valence-corrected chi connectivity index (χ3v) is 13.6. The van der Waals surface area contributed by atoms with Crippen molar-refractivity contribution in [1.29, 1.82) is 0 Å². The number of nitrogens with zero attached hydrogens (tertiary/aromatic N) is 4. The monoisotopic (exact) mass is 936 g/mol. The largest absolute Gasteiger partial charge is 0.396 e. The van der Waals surface area contributed by atoms with E-state index in [1.807, 2.05) is 41.5 Å². The number of hydrogen-bond acceptors (Lipinski definition) is 13. The first-order valence-corrected chi connectivity index (χ1v) is 23.8. The molecule has 4 N–H and O–H groups in total. The van der Waals surface area contributed by atoms with Crippen LogP contribution in [0.2, 0.25) is 0 Å². The van der Waals surface area contributed by atoms with E-state index in [4.69, 9.17) is 5.11 Å². The minimum absolute atomic E-state index is 0.0215.